The van der Waals surface area contributed by atoms with Gasteiger partial charge in [0.2, 0.25) is 11.8 Å². The van der Waals surface area contributed by atoms with E-state index in [1.807, 2.05) is 18.7 Å². The van der Waals surface area contributed by atoms with Gasteiger partial charge >= 0.3 is 0 Å². The summed E-state index contributed by atoms with van der Waals surface area (Å²) in [6, 6.07) is 0.231. The second-order valence-electron chi connectivity index (χ2n) is 6.09. The second kappa shape index (κ2) is 7.07. The van der Waals surface area contributed by atoms with E-state index in [2.05, 4.69) is 10.6 Å². The van der Waals surface area contributed by atoms with Gasteiger partial charge in [0.15, 0.2) is 0 Å². The van der Waals surface area contributed by atoms with Gasteiger partial charge in [0.1, 0.15) is 0 Å². The van der Waals surface area contributed by atoms with Crippen LogP contribution in [0.15, 0.2) is 0 Å². The molecule has 2 aliphatic rings. The summed E-state index contributed by atoms with van der Waals surface area (Å²) >= 11 is 0. The maximum absolute atomic E-state index is 12.0. The molecule has 1 unspecified atom stereocenters. The highest BCUT2D eigenvalue weighted by molar-refractivity contribution is 5.81. The summed E-state index contributed by atoms with van der Waals surface area (Å²) in [6.45, 7) is 7.19. The lowest BCUT2D eigenvalue weighted by Gasteiger charge is -2.33. The molecule has 5 nitrogen and oxygen atoms in total. The third-order valence-corrected chi connectivity index (χ3v) is 4.23. The van der Waals surface area contributed by atoms with E-state index in [-0.39, 0.29) is 17.9 Å². The molecule has 1 aliphatic carbocycles. The van der Waals surface area contributed by atoms with Crippen LogP contribution in [0.3, 0.4) is 0 Å². The van der Waals surface area contributed by atoms with Crippen molar-refractivity contribution in [3.63, 3.8) is 0 Å². The van der Waals surface area contributed by atoms with Crippen LogP contribution in [-0.4, -0.2) is 48.9 Å². The number of hydrogen-bond donors (Lipinski definition) is 2. The molecule has 1 heterocycles. The molecule has 1 saturated heterocycles. The van der Waals surface area contributed by atoms with Crippen molar-refractivity contribution >= 4 is 11.8 Å². The molecule has 2 N–H and O–H groups in total. The van der Waals surface area contributed by atoms with E-state index in [1.165, 1.54) is 0 Å². The van der Waals surface area contributed by atoms with Crippen LogP contribution in [0.4, 0.5) is 0 Å². The number of carbonyl (C=O) groups is 2. The third kappa shape index (κ3) is 4.20. The van der Waals surface area contributed by atoms with Crippen LogP contribution in [0.25, 0.3) is 0 Å². The molecule has 1 aliphatic heterocycles. The number of hydrogen-bond acceptors (Lipinski definition) is 3. The van der Waals surface area contributed by atoms with E-state index in [1.54, 1.807) is 0 Å². The molecule has 0 spiro atoms. The Kier molecular flexibility index (Phi) is 5.40. The molecule has 0 bridgehead atoms. The molecule has 1 atom stereocenters. The smallest absolute Gasteiger partial charge is 0.225 e. The number of likely N-dealkylation sites (tertiary alicyclic amines) is 1. The topological polar surface area (TPSA) is 61.4 Å². The summed E-state index contributed by atoms with van der Waals surface area (Å²) in [5.74, 6) is 0.760. The van der Waals surface area contributed by atoms with Crippen LogP contribution >= 0.6 is 0 Å². The Morgan fingerprint density at radius 2 is 1.85 bits per heavy atom. The van der Waals surface area contributed by atoms with Crippen LogP contribution < -0.4 is 10.6 Å². The SMILES string of the molecule is CCNCC(C)C(=O)NC1CCN(C(=O)C2CC2)CC1. The summed E-state index contributed by atoms with van der Waals surface area (Å²) in [6.07, 6.45) is 3.91. The van der Waals surface area contributed by atoms with Gasteiger partial charge in [0, 0.05) is 37.5 Å². The minimum absolute atomic E-state index is 0.000996. The van der Waals surface area contributed by atoms with Crippen molar-refractivity contribution in [2.75, 3.05) is 26.2 Å². The molecule has 2 amide bonds. The molecular formula is C15H27N3O2. The van der Waals surface area contributed by atoms with Gasteiger partial charge in [0.25, 0.3) is 0 Å². The fourth-order valence-corrected chi connectivity index (χ4v) is 2.63. The fraction of sp³-hybridized carbons (Fsp3) is 0.867. The Bertz CT molecular complexity index is 347. The van der Waals surface area contributed by atoms with Crippen molar-refractivity contribution in [1.29, 1.82) is 0 Å². The van der Waals surface area contributed by atoms with E-state index < -0.39 is 0 Å². The molecule has 2 fully saturated rings. The van der Waals surface area contributed by atoms with Crippen molar-refractivity contribution in [2.45, 2.75) is 45.6 Å². The molecule has 0 aromatic heterocycles. The van der Waals surface area contributed by atoms with Crippen molar-refractivity contribution in [1.82, 2.24) is 15.5 Å². The molecule has 2 rings (SSSR count). The Balaban J connectivity index is 1.68. The maximum atomic E-state index is 12.0. The number of nitrogens with one attached hydrogen (secondary N) is 2. The zero-order valence-electron chi connectivity index (χ0n) is 12.7. The van der Waals surface area contributed by atoms with E-state index in [0.29, 0.717) is 11.8 Å². The highest BCUT2D eigenvalue weighted by Gasteiger charge is 2.35. The zero-order valence-corrected chi connectivity index (χ0v) is 12.7. The molecule has 114 valence electrons. The number of rotatable bonds is 6. The van der Waals surface area contributed by atoms with E-state index in [0.717, 1.165) is 51.9 Å². The first-order valence-corrected chi connectivity index (χ1v) is 7.91. The Morgan fingerprint density at radius 3 is 2.40 bits per heavy atom. The maximum Gasteiger partial charge on any atom is 0.225 e. The summed E-state index contributed by atoms with van der Waals surface area (Å²) < 4.78 is 0. The number of nitrogens with zero attached hydrogens (tertiary/aromatic N) is 1. The van der Waals surface area contributed by atoms with Crippen molar-refractivity contribution in [3.05, 3.63) is 0 Å². The third-order valence-electron chi connectivity index (χ3n) is 4.23. The van der Waals surface area contributed by atoms with Crippen LogP contribution in [0.1, 0.15) is 39.5 Å². The fourth-order valence-electron chi connectivity index (χ4n) is 2.63. The summed E-state index contributed by atoms with van der Waals surface area (Å²) in [4.78, 5) is 25.9. The van der Waals surface area contributed by atoms with Gasteiger partial charge in [-0.1, -0.05) is 13.8 Å². The zero-order chi connectivity index (χ0) is 14.5. The van der Waals surface area contributed by atoms with Gasteiger partial charge in [-0.15, -0.1) is 0 Å². The van der Waals surface area contributed by atoms with Crippen LogP contribution in [0.2, 0.25) is 0 Å². The van der Waals surface area contributed by atoms with Crippen LogP contribution in [-0.2, 0) is 9.59 Å². The molecule has 1 saturated carbocycles. The van der Waals surface area contributed by atoms with E-state index in [4.69, 9.17) is 0 Å². The Labute approximate surface area is 121 Å². The Hall–Kier alpha value is -1.10. The van der Waals surface area contributed by atoms with E-state index in [9.17, 15) is 9.59 Å². The van der Waals surface area contributed by atoms with Gasteiger partial charge in [0.05, 0.1) is 0 Å². The highest BCUT2D eigenvalue weighted by atomic mass is 16.2. The monoisotopic (exact) mass is 281 g/mol. The minimum atomic E-state index is 0.000996. The largest absolute Gasteiger partial charge is 0.353 e. The lowest BCUT2D eigenvalue weighted by atomic mass is 10.0. The van der Waals surface area contributed by atoms with Gasteiger partial charge in [-0.25, -0.2) is 0 Å². The highest BCUT2D eigenvalue weighted by Crippen LogP contribution is 2.31. The quantitative estimate of drug-likeness (QED) is 0.755. The lowest BCUT2D eigenvalue weighted by molar-refractivity contribution is -0.133. The molecule has 0 radical (unpaired) electrons. The van der Waals surface area contributed by atoms with Gasteiger partial charge in [-0.05, 0) is 32.2 Å². The number of amides is 2. The molecule has 0 aromatic rings. The number of piperidine rings is 1. The number of carbonyl (C=O) groups excluding carboxylic acids is 2. The summed E-state index contributed by atoms with van der Waals surface area (Å²) in [7, 11) is 0. The second-order valence-corrected chi connectivity index (χ2v) is 6.09. The van der Waals surface area contributed by atoms with Crippen LogP contribution in [0, 0.1) is 11.8 Å². The van der Waals surface area contributed by atoms with Crippen molar-refractivity contribution in [3.8, 4) is 0 Å². The molecular weight excluding hydrogens is 254 g/mol. The first-order valence-electron chi connectivity index (χ1n) is 7.91. The van der Waals surface area contributed by atoms with Crippen molar-refractivity contribution in [2.24, 2.45) is 11.8 Å². The first kappa shape index (κ1) is 15.3. The predicted octanol–water partition coefficient (Wildman–Crippen LogP) is 0.749. The molecule has 20 heavy (non-hydrogen) atoms. The average Bonchev–Trinajstić information content (AvgIpc) is 3.29. The Morgan fingerprint density at radius 1 is 1.20 bits per heavy atom. The van der Waals surface area contributed by atoms with Gasteiger partial charge < -0.3 is 15.5 Å². The minimum Gasteiger partial charge on any atom is -0.353 e. The van der Waals surface area contributed by atoms with Crippen molar-refractivity contribution < 1.29 is 9.59 Å². The summed E-state index contributed by atoms with van der Waals surface area (Å²) in [5.41, 5.74) is 0. The van der Waals surface area contributed by atoms with Gasteiger partial charge in [-0.2, -0.15) is 0 Å². The molecule has 5 heteroatoms. The van der Waals surface area contributed by atoms with Crippen LogP contribution in [0.5, 0.6) is 0 Å². The normalized spacial score (nSPS) is 21.6. The average molecular weight is 281 g/mol. The predicted molar refractivity (Wildman–Crippen MR) is 78.2 cm³/mol. The molecule has 0 aromatic carbocycles. The standard InChI is InChI=1S/C15H27N3O2/c1-3-16-10-11(2)14(19)17-13-6-8-18(9-7-13)15(20)12-4-5-12/h11-13,16H,3-10H2,1-2H3,(H,17,19). The van der Waals surface area contributed by atoms with Gasteiger partial charge in [-0.3, -0.25) is 9.59 Å². The first-order chi connectivity index (χ1) is 9.61. The summed E-state index contributed by atoms with van der Waals surface area (Å²) in [5, 5.41) is 6.31. The lowest BCUT2D eigenvalue weighted by Crippen LogP contribution is -2.48. The van der Waals surface area contributed by atoms with E-state index >= 15 is 0 Å².